The second kappa shape index (κ2) is 7.22. The Morgan fingerprint density at radius 2 is 1.88 bits per heavy atom. The molecule has 0 aliphatic carbocycles. The molecular weight excluding hydrogens is 407 g/mol. The number of nitrogens with zero attached hydrogens (tertiary/aromatic N) is 2. The highest BCUT2D eigenvalue weighted by molar-refractivity contribution is 7.92. The van der Waals surface area contributed by atoms with Crippen molar-refractivity contribution in [1.29, 1.82) is 0 Å². The van der Waals surface area contributed by atoms with Gasteiger partial charge in [-0.3, -0.25) is 9.40 Å². The average Bonchev–Trinajstić information content (AvgIpc) is 2.96. The molecule has 5 nitrogen and oxygen atoms in total. The van der Waals surface area contributed by atoms with Crippen LogP contribution in [0.1, 0.15) is 5.56 Å². The van der Waals surface area contributed by atoms with Crippen LogP contribution in [-0.4, -0.2) is 18.2 Å². The van der Waals surface area contributed by atoms with E-state index in [4.69, 9.17) is 23.2 Å². The van der Waals surface area contributed by atoms with Crippen molar-refractivity contribution >= 4 is 38.9 Å². The fourth-order valence-corrected chi connectivity index (χ4v) is 3.79. The Kier molecular flexibility index (Phi) is 5.17. The summed E-state index contributed by atoms with van der Waals surface area (Å²) < 4.78 is 54.8. The normalized spacial score (nSPS) is 11.5. The van der Waals surface area contributed by atoms with E-state index in [1.807, 2.05) is 0 Å². The van der Waals surface area contributed by atoms with Crippen molar-refractivity contribution < 1.29 is 17.2 Å². The van der Waals surface area contributed by atoms with Crippen LogP contribution in [0.2, 0.25) is 10.0 Å². The van der Waals surface area contributed by atoms with Crippen LogP contribution in [0.15, 0.2) is 53.7 Å². The number of nitrogens with one attached hydrogen (secondary N) is 1. The lowest BCUT2D eigenvalue weighted by Crippen LogP contribution is -2.14. The van der Waals surface area contributed by atoms with Gasteiger partial charge in [0.25, 0.3) is 10.0 Å². The first-order chi connectivity index (χ1) is 12.2. The van der Waals surface area contributed by atoms with Gasteiger partial charge in [0.2, 0.25) is 0 Å². The zero-order valence-electron chi connectivity index (χ0n) is 13.0. The van der Waals surface area contributed by atoms with Gasteiger partial charge < -0.3 is 0 Å². The third kappa shape index (κ3) is 4.14. The first-order valence-electron chi connectivity index (χ1n) is 7.19. The van der Waals surface area contributed by atoms with Gasteiger partial charge in [-0.2, -0.15) is 5.10 Å². The summed E-state index contributed by atoms with van der Waals surface area (Å²) in [5, 5.41) is 4.98. The molecule has 136 valence electrons. The third-order valence-corrected chi connectivity index (χ3v) is 5.42. The van der Waals surface area contributed by atoms with E-state index in [-0.39, 0.29) is 12.2 Å². The predicted octanol–water partition coefficient (Wildman–Crippen LogP) is 4.32. The first kappa shape index (κ1) is 18.6. The molecular formula is C16H11Cl2F2N3O2S. The summed E-state index contributed by atoms with van der Waals surface area (Å²) in [6, 6.07) is 7.20. The van der Waals surface area contributed by atoms with E-state index in [0.717, 1.165) is 17.7 Å². The summed E-state index contributed by atoms with van der Waals surface area (Å²) in [4.78, 5) is -0.660. The molecule has 0 bridgehead atoms. The quantitative estimate of drug-likeness (QED) is 0.672. The Balaban J connectivity index is 1.79. The van der Waals surface area contributed by atoms with Crippen LogP contribution in [0.4, 0.5) is 14.5 Å². The number of hydrogen-bond donors (Lipinski definition) is 1. The van der Waals surface area contributed by atoms with Crippen molar-refractivity contribution in [1.82, 2.24) is 9.78 Å². The highest BCUT2D eigenvalue weighted by Crippen LogP contribution is 2.23. The van der Waals surface area contributed by atoms with E-state index in [1.54, 1.807) is 18.2 Å². The van der Waals surface area contributed by atoms with Crippen molar-refractivity contribution in [2.45, 2.75) is 11.4 Å². The van der Waals surface area contributed by atoms with Gasteiger partial charge >= 0.3 is 0 Å². The number of aromatic nitrogens is 2. The number of halogens is 4. The van der Waals surface area contributed by atoms with Gasteiger partial charge in [0.05, 0.1) is 18.4 Å². The molecule has 26 heavy (non-hydrogen) atoms. The van der Waals surface area contributed by atoms with Crippen molar-refractivity contribution in [3.8, 4) is 0 Å². The summed E-state index contributed by atoms with van der Waals surface area (Å²) in [7, 11) is -4.22. The minimum atomic E-state index is -4.22. The molecule has 3 rings (SSSR count). The molecule has 3 aromatic rings. The van der Waals surface area contributed by atoms with Crippen LogP contribution in [0, 0.1) is 11.6 Å². The van der Waals surface area contributed by atoms with Crippen LogP contribution >= 0.6 is 23.2 Å². The van der Waals surface area contributed by atoms with Crippen LogP contribution < -0.4 is 4.72 Å². The zero-order chi connectivity index (χ0) is 18.9. The molecule has 0 unspecified atom stereocenters. The van der Waals surface area contributed by atoms with Crippen LogP contribution in [0.25, 0.3) is 0 Å². The number of rotatable bonds is 5. The van der Waals surface area contributed by atoms with E-state index in [0.29, 0.717) is 16.1 Å². The first-order valence-corrected chi connectivity index (χ1v) is 9.43. The molecule has 0 atom stereocenters. The topological polar surface area (TPSA) is 64.0 Å². The molecule has 1 N–H and O–H groups in total. The molecule has 1 heterocycles. The maximum atomic E-state index is 13.7. The van der Waals surface area contributed by atoms with Gasteiger partial charge in [0.15, 0.2) is 0 Å². The van der Waals surface area contributed by atoms with Gasteiger partial charge in [-0.25, -0.2) is 17.2 Å². The summed E-state index contributed by atoms with van der Waals surface area (Å²) >= 11 is 11.9. The van der Waals surface area contributed by atoms with E-state index >= 15 is 0 Å². The molecule has 2 aromatic carbocycles. The second-order valence-corrected chi connectivity index (χ2v) is 7.84. The minimum Gasteiger partial charge on any atom is -0.276 e. The Bertz CT molecular complexity index is 1070. The molecule has 0 saturated carbocycles. The zero-order valence-corrected chi connectivity index (χ0v) is 15.3. The second-order valence-electron chi connectivity index (χ2n) is 5.34. The van der Waals surface area contributed by atoms with Crippen LogP contribution in [0.3, 0.4) is 0 Å². The lowest BCUT2D eigenvalue weighted by atomic mass is 10.2. The van der Waals surface area contributed by atoms with E-state index in [9.17, 15) is 17.2 Å². The molecule has 0 aliphatic heterocycles. The smallest absolute Gasteiger partial charge is 0.264 e. The van der Waals surface area contributed by atoms with Gasteiger partial charge in [-0.15, -0.1) is 0 Å². The standard InChI is InChI=1S/C16H11Cl2F2N3O2S/c17-11-2-1-10(14(18)5-11)8-23-9-13(7-21-23)22-26(24,25)16-4-3-12(19)6-15(16)20/h1-7,9,22H,8H2. The SMILES string of the molecule is O=S(=O)(Nc1cnn(Cc2ccc(Cl)cc2Cl)c1)c1ccc(F)cc1F. The Labute approximate surface area is 158 Å². The molecule has 0 amide bonds. The number of hydrogen-bond acceptors (Lipinski definition) is 3. The molecule has 0 fully saturated rings. The predicted molar refractivity (Wildman–Crippen MR) is 95.0 cm³/mol. The van der Waals surface area contributed by atoms with Crippen molar-refractivity contribution in [2.75, 3.05) is 4.72 Å². The summed E-state index contributed by atoms with van der Waals surface area (Å²) in [5.41, 5.74) is 0.858. The maximum absolute atomic E-state index is 13.7. The van der Waals surface area contributed by atoms with E-state index in [2.05, 4.69) is 9.82 Å². The van der Waals surface area contributed by atoms with Gasteiger partial charge in [-0.05, 0) is 29.8 Å². The molecule has 10 heteroatoms. The highest BCUT2D eigenvalue weighted by atomic mass is 35.5. The minimum absolute atomic E-state index is 0.124. The van der Waals surface area contributed by atoms with Crippen molar-refractivity contribution in [3.63, 3.8) is 0 Å². The third-order valence-electron chi connectivity index (χ3n) is 3.42. The van der Waals surface area contributed by atoms with E-state index < -0.39 is 26.6 Å². The van der Waals surface area contributed by atoms with Crippen LogP contribution in [0.5, 0.6) is 0 Å². The largest absolute Gasteiger partial charge is 0.276 e. The van der Waals surface area contributed by atoms with Crippen molar-refractivity contribution in [3.05, 3.63) is 76.0 Å². The molecule has 0 aliphatic rings. The van der Waals surface area contributed by atoms with Gasteiger partial charge in [-0.1, -0.05) is 29.3 Å². The van der Waals surface area contributed by atoms with Gasteiger partial charge in [0.1, 0.15) is 16.5 Å². The summed E-state index contributed by atoms with van der Waals surface area (Å²) in [5.74, 6) is -2.05. The number of benzene rings is 2. The molecule has 1 aromatic heterocycles. The Morgan fingerprint density at radius 3 is 2.58 bits per heavy atom. The molecule has 0 saturated heterocycles. The lowest BCUT2D eigenvalue weighted by Gasteiger charge is -2.07. The van der Waals surface area contributed by atoms with E-state index in [1.165, 1.54) is 17.1 Å². The fraction of sp³-hybridized carbons (Fsp3) is 0.0625. The molecule has 0 radical (unpaired) electrons. The van der Waals surface area contributed by atoms with Crippen molar-refractivity contribution in [2.24, 2.45) is 0 Å². The lowest BCUT2D eigenvalue weighted by molar-refractivity contribution is 0.551. The monoisotopic (exact) mass is 417 g/mol. The van der Waals surface area contributed by atoms with Gasteiger partial charge in [0, 0.05) is 22.3 Å². The fourth-order valence-electron chi connectivity index (χ4n) is 2.23. The Morgan fingerprint density at radius 1 is 1.12 bits per heavy atom. The average molecular weight is 418 g/mol. The molecule has 0 spiro atoms. The Hall–Kier alpha value is -2.16. The van der Waals surface area contributed by atoms with Crippen LogP contribution in [-0.2, 0) is 16.6 Å². The number of sulfonamides is 1. The number of anilines is 1. The maximum Gasteiger partial charge on any atom is 0.264 e. The summed E-state index contributed by atoms with van der Waals surface area (Å²) in [6.45, 7) is 0.280. The highest BCUT2D eigenvalue weighted by Gasteiger charge is 2.20. The summed E-state index contributed by atoms with van der Waals surface area (Å²) in [6.07, 6.45) is 2.69.